The predicted molar refractivity (Wildman–Crippen MR) is 128 cm³/mol. The smallest absolute Gasteiger partial charge is 0.265 e. The minimum absolute atomic E-state index is 0.0201. The average Bonchev–Trinajstić information content (AvgIpc) is 3.49. The molecule has 0 amide bonds. The summed E-state index contributed by atoms with van der Waals surface area (Å²) in [6.07, 6.45) is 1.38. The van der Waals surface area contributed by atoms with E-state index in [1.807, 2.05) is 0 Å². The molecule has 0 aromatic carbocycles. The molecule has 2 aromatic heterocycles. The molecule has 0 radical (unpaired) electrons. The normalized spacial score (nSPS) is 17.7. The first kappa shape index (κ1) is 27.5. The molecule has 36 heavy (non-hydrogen) atoms. The Morgan fingerprint density at radius 3 is 2.47 bits per heavy atom. The van der Waals surface area contributed by atoms with Crippen LogP contribution in [0.15, 0.2) is 49.8 Å². The van der Waals surface area contributed by atoms with Crippen molar-refractivity contribution in [3.8, 4) is 0 Å². The fourth-order valence-corrected chi connectivity index (χ4v) is 6.15. The molecule has 0 fully saturated rings. The zero-order valence-corrected chi connectivity index (χ0v) is 22.1. The lowest BCUT2D eigenvalue weighted by Crippen LogP contribution is -2.58. The molecule has 0 saturated carbocycles. The van der Waals surface area contributed by atoms with E-state index < -0.39 is 32.3 Å². The molecule has 1 aliphatic carbocycles. The number of halogens is 1. The standard InChI is InChI=1S/C21H22ClN3O9S2/c1-10-16(22)20(34-24-10)25-36(28,29)14-6-7-35-18(14)19(27)21(23,33-5)15-11(9-26)17(32-4)13(31-3)8-12(15)30-2/h6-8,15,25H,23H2,1-5H3. The van der Waals surface area contributed by atoms with E-state index in [1.54, 1.807) is 5.94 Å². The molecule has 2 atom stereocenters. The van der Waals surface area contributed by atoms with Crippen LogP contribution < -0.4 is 10.5 Å². The van der Waals surface area contributed by atoms with Crippen molar-refractivity contribution in [3.05, 3.63) is 56.0 Å². The molecule has 0 spiro atoms. The number of ether oxygens (including phenoxy) is 4. The van der Waals surface area contributed by atoms with Crippen molar-refractivity contribution < 1.29 is 41.5 Å². The predicted octanol–water partition coefficient (Wildman–Crippen LogP) is 2.41. The summed E-state index contributed by atoms with van der Waals surface area (Å²) >= 11 is 6.81. The van der Waals surface area contributed by atoms with Crippen LogP contribution in [0.25, 0.3) is 0 Å². The number of carbonyl (C=O) groups is 1. The van der Waals surface area contributed by atoms with E-state index in [1.165, 1.54) is 45.8 Å². The molecule has 2 heterocycles. The van der Waals surface area contributed by atoms with Gasteiger partial charge in [-0.2, -0.15) is 0 Å². The molecule has 2 aromatic rings. The summed E-state index contributed by atoms with van der Waals surface area (Å²) in [7, 11) is 0.658. The zero-order valence-electron chi connectivity index (χ0n) is 19.7. The van der Waals surface area contributed by atoms with Gasteiger partial charge in [-0.15, -0.1) is 11.3 Å². The van der Waals surface area contributed by atoms with E-state index in [0.29, 0.717) is 0 Å². The largest absolute Gasteiger partial charge is 0.500 e. The highest BCUT2D eigenvalue weighted by molar-refractivity contribution is 7.93. The third-order valence-corrected chi connectivity index (χ3v) is 8.21. The van der Waals surface area contributed by atoms with Gasteiger partial charge in [-0.05, 0) is 18.4 Å². The number of methoxy groups -OCH3 is 4. The van der Waals surface area contributed by atoms with E-state index in [9.17, 15) is 18.0 Å². The number of hydrogen-bond acceptors (Lipinski definition) is 12. The van der Waals surface area contributed by atoms with Gasteiger partial charge in [0.05, 0.1) is 31.8 Å². The summed E-state index contributed by atoms with van der Waals surface area (Å²) in [5.74, 6) is -0.842. The molecular weight excluding hydrogens is 538 g/mol. The van der Waals surface area contributed by atoms with Crippen molar-refractivity contribution in [2.45, 2.75) is 17.5 Å². The highest BCUT2D eigenvalue weighted by Gasteiger charge is 2.52. The molecule has 1 aliphatic rings. The molecular formula is C21H22ClN3O9S2. The van der Waals surface area contributed by atoms with Crippen LogP contribution in [0.4, 0.5) is 5.88 Å². The molecule has 194 valence electrons. The Bertz CT molecular complexity index is 1400. The summed E-state index contributed by atoms with van der Waals surface area (Å²) in [4.78, 5) is 25.1. The number of rotatable bonds is 10. The van der Waals surface area contributed by atoms with Crippen molar-refractivity contribution in [2.75, 3.05) is 33.2 Å². The molecule has 3 N–H and O–H groups in total. The lowest BCUT2D eigenvalue weighted by Gasteiger charge is -2.37. The first-order valence-electron chi connectivity index (χ1n) is 9.94. The summed E-state index contributed by atoms with van der Waals surface area (Å²) in [6.45, 7) is 1.52. The molecule has 12 nitrogen and oxygen atoms in total. The van der Waals surface area contributed by atoms with Crippen LogP contribution in [0.2, 0.25) is 5.02 Å². The monoisotopic (exact) mass is 559 g/mol. The third kappa shape index (κ3) is 4.54. The van der Waals surface area contributed by atoms with Crippen molar-refractivity contribution in [1.82, 2.24) is 5.16 Å². The lowest BCUT2D eigenvalue weighted by atomic mass is 9.80. The number of aromatic nitrogens is 1. The summed E-state index contributed by atoms with van der Waals surface area (Å²) in [5.41, 5.74) is 4.17. The number of nitrogens with zero attached hydrogens (tertiary/aromatic N) is 1. The van der Waals surface area contributed by atoms with E-state index >= 15 is 0 Å². The van der Waals surface area contributed by atoms with Crippen LogP contribution in [0.3, 0.4) is 0 Å². The SMILES string of the molecule is COC1=CC(OC)=C(OC)C(=C=O)C1C(N)(OC)C(=O)c1sccc1S(=O)(=O)Nc1onc(C)c1Cl. The van der Waals surface area contributed by atoms with Gasteiger partial charge in [-0.25, -0.2) is 17.9 Å². The highest BCUT2D eigenvalue weighted by Crippen LogP contribution is 2.42. The molecule has 0 bridgehead atoms. The van der Waals surface area contributed by atoms with Crippen molar-refractivity contribution >= 4 is 50.6 Å². The molecule has 2 unspecified atom stereocenters. The number of allylic oxidation sites excluding steroid dienone is 2. The van der Waals surface area contributed by atoms with Crippen molar-refractivity contribution in [2.24, 2.45) is 11.7 Å². The van der Waals surface area contributed by atoms with Crippen LogP contribution in [0.1, 0.15) is 15.4 Å². The Hall–Kier alpha value is -3.13. The molecule has 3 rings (SSSR count). The lowest BCUT2D eigenvalue weighted by molar-refractivity contribution is -0.0257. The Morgan fingerprint density at radius 1 is 1.28 bits per heavy atom. The van der Waals surface area contributed by atoms with E-state index in [-0.39, 0.29) is 44.3 Å². The van der Waals surface area contributed by atoms with Gasteiger partial charge in [0.25, 0.3) is 15.9 Å². The number of aryl methyl sites for hydroxylation is 1. The van der Waals surface area contributed by atoms with Gasteiger partial charge in [-0.1, -0.05) is 16.8 Å². The van der Waals surface area contributed by atoms with Gasteiger partial charge in [0, 0.05) is 13.2 Å². The van der Waals surface area contributed by atoms with E-state index in [4.69, 9.17) is 40.8 Å². The number of thiophene rings is 1. The fraction of sp³-hybridized carbons (Fsp3) is 0.333. The molecule has 0 saturated heterocycles. The fourth-order valence-electron chi connectivity index (χ4n) is 3.55. The van der Waals surface area contributed by atoms with Crippen LogP contribution in [-0.2, 0) is 33.8 Å². The molecule has 15 heteroatoms. The first-order valence-corrected chi connectivity index (χ1v) is 12.7. The van der Waals surface area contributed by atoms with Gasteiger partial charge in [0.1, 0.15) is 33.2 Å². The Labute approximate surface area is 215 Å². The number of ketones is 1. The number of nitrogens with one attached hydrogen (secondary N) is 1. The zero-order chi connectivity index (χ0) is 26.8. The first-order chi connectivity index (χ1) is 17.0. The number of Topliss-reactive ketones (excluding diaryl/α,β-unsaturated/α-hetero) is 1. The number of hydrogen-bond donors (Lipinski definition) is 2. The topological polar surface area (TPSA) is 169 Å². The van der Waals surface area contributed by atoms with Gasteiger partial charge in [-0.3, -0.25) is 10.5 Å². The van der Waals surface area contributed by atoms with Crippen LogP contribution >= 0.6 is 22.9 Å². The maximum atomic E-state index is 13.8. The second kappa shape index (κ2) is 10.5. The molecule has 0 aliphatic heterocycles. The third-order valence-electron chi connectivity index (χ3n) is 5.35. The van der Waals surface area contributed by atoms with Gasteiger partial charge < -0.3 is 23.5 Å². The van der Waals surface area contributed by atoms with E-state index in [2.05, 4.69) is 9.88 Å². The Morgan fingerprint density at radius 2 is 1.97 bits per heavy atom. The maximum Gasteiger partial charge on any atom is 0.265 e. The van der Waals surface area contributed by atoms with Gasteiger partial charge in [0.15, 0.2) is 17.2 Å². The van der Waals surface area contributed by atoms with Crippen LogP contribution in [0, 0.1) is 12.8 Å². The quantitative estimate of drug-likeness (QED) is 0.249. The second-order valence-electron chi connectivity index (χ2n) is 7.26. The summed E-state index contributed by atoms with van der Waals surface area (Å²) < 4.78 is 54.7. The second-order valence-corrected chi connectivity index (χ2v) is 10.2. The van der Waals surface area contributed by atoms with Gasteiger partial charge in [0.2, 0.25) is 5.78 Å². The van der Waals surface area contributed by atoms with E-state index in [0.717, 1.165) is 18.4 Å². The van der Waals surface area contributed by atoms with Gasteiger partial charge >= 0.3 is 0 Å². The summed E-state index contributed by atoms with van der Waals surface area (Å²) in [6, 6.07) is 1.20. The van der Waals surface area contributed by atoms with Crippen LogP contribution in [0.5, 0.6) is 0 Å². The number of nitrogens with two attached hydrogens (primary N) is 1. The number of carbonyl (C=O) groups excluding carboxylic acids is 2. The average molecular weight is 560 g/mol. The Balaban J connectivity index is 2.11. The highest BCUT2D eigenvalue weighted by atomic mass is 35.5. The summed E-state index contributed by atoms with van der Waals surface area (Å²) in [5, 5.41) is 4.92. The van der Waals surface area contributed by atoms with Crippen molar-refractivity contribution in [1.29, 1.82) is 0 Å². The van der Waals surface area contributed by atoms with Crippen LogP contribution in [-0.4, -0.2) is 59.5 Å². The van der Waals surface area contributed by atoms with Crippen molar-refractivity contribution in [3.63, 3.8) is 0 Å². The maximum absolute atomic E-state index is 13.8. The minimum Gasteiger partial charge on any atom is -0.500 e. The Kier molecular flexibility index (Phi) is 7.98. The number of sulfonamides is 1. The minimum atomic E-state index is -4.39. The number of anilines is 1.